The maximum Gasteiger partial charge on any atom is 0.221 e. The molecule has 1 amide bonds. The van der Waals surface area contributed by atoms with Crippen molar-refractivity contribution in [2.45, 2.75) is 26.2 Å². The van der Waals surface area contributed by atoms with E-state index >= 15 is 0 Å². The van der Waals surface area contributed by atoms with E-state index in [4.69, 9.17) is 4.74 Å². The van der Waals surface area contributed by atoms with Crippen molar-refractivity contribution in [1.29, 1.82) is 0 Å². The molecule has 0 bridgehead atoms. The summed E-state index contributed by atoms with van der Waals surface area (Å²) in [6.45, 7) is 2.26. The Bertz CT molecular complexity index is 407. The van der Waals surface area contributed by atoms with E-state index in [2.05, 4.69) is 21.2 Å². The van der Waals surface area contributed by atoms with Gasteiger partial charge in [-0.1, -0.05) is 22.4 Å². The Balaban J connectivity index is 1.88. The molecule has 3 nitrogen and oxygen atoms in total. The summed E-state index contributed by atoms with van der Waals surface area (Å²) in [5.74, 6) is 0.799. The van der Waals surface area contributed by atoms with E-state index in [0.29, 0.717) is 5.41 Å². The molecule has 18 heavy (non-hydrogen) atoms. The smallest absolute Gasteiger partial charge is 0.221 e. The van der Waals surface area contributed by atoms with Crippen LogP contribution in [0, 0.1) is 5.41 Å². The number of hydrogen-bond donors (Lipinski definition) is 1. The fraction of sp³-hybridized carbons (Fsp3) is 0.500. The lowest BCUT2D eigenvalue weighted by Crippen LogP contribution is -2.37. The molecule has 0 radical (unpaired) electrons. The Hall–Kier alpha value is -1.03. The Labute approximate surface area is 116 Å². The monoisotopic (exact) mass is 311 g/mol. The predicted molar refractivity (Wildman–Crippen MR) is 76.3 cm³/mol. The molecular formula is C14H18BrNO2. The van der Waals surface area contributed by atoms with E-state index in [0.717, 1.165) is 23.4 Å². The number of benzene rings is 1. The molecular weight excluding hydrogens is 294 g/mol. The summed E-state index contributed by atoms with van der Waals surface area (Å²) in [4.78, 5) is 10.9. The van der Waals surface area contributed by atoms with Crippen molar-refractivity contribution in [3.05, 3.63) is 24.3 Å². The zero-order valence-electron chi connectivity index (χ0n) is 10.5. The lowest BCUT2D eigenvalue weighted by Gasteiger charge is -2.39. The highest BCUT2D eigenvalue weighted by molar-refractivity contribution is 9.09. The minimum Gasteiger partial charge on any atom is -0.493 e. The highest BCUT2D eigenvalue weighted by Gasteiger charge is 2.36. The van der Waals surface area contributed by atoms with Gasteiger partial charge in [0.05, 0.1) is 6.61 Å². The summed E-state index contributed by atoms with van der Waals surface area (Å²) in [6.07, 6.45) is 3.78. The molecule has 0 saturated heterocycles. The van der Waals surface area contributed by atoms with Crippen molar-refractivity contribution in [1.82, 2.24) is 0 Å². The Morgan fingerprint density at radius 2 is 2.06 bits per heavy atom. The molecule has 0 heterocycles. The molecule has 4 heteroatoms. The van der Waals surface area contributed by atoms with Crippen molar-refractivity contribution >= 4 is 27.5 Å². The molecule has 0 unspecified atom stereocenters. The number of anilines is 1. The first-order valence-corrected chi connectivity index (χ1v) is 7.32. The largest absolute Gasteiger partial charge is 0.493 e. The lowest BCUT2D eigenvalue weighted by atomic mass is 9.71. The lowest BCUT2D eigenvalue weighted by molar-refractivity contribution is -0.114. The number of ether oxygens (including phenoxy) is 1. The van der Waals surface area contributed by atoms with E-state index in [9.17, 15) is 4.79 Å². The van der Waals surface area contributed by atoms with Gasteiger partial charge < -0.3 is 10.1 Å². The van der Waals surface area contributed by atoms with Gasteiger partial charge >= 0.3 is 0 Å². The Morgan fingerprint density at radius 3 is 2.50 bits per heavy atom. The molecule has 0 atom stereocenters. The topological polar surface area (TPSA) is 38.3 Å². The maximum atomic E-state index is 10.9. The molecule has 2 rings (SSSR count). The number of amides is 1. The molecule has 1 aromatic carbocycles. The number of halogens is 1. The van der Waals surface area contributed by atoms with Crippen LogP contribution in [0.3, 0.4) is 0 Å². The maximum absolute atomic E-state index is 10.9. The number of carbonyl (C=O) groups is 1. The second kappa shape index (κ2) is 5.74. The summed E-state index contributed by atoms with van der Waals surface area (Å²) >= 11 is 3.57. The summed E-state index contributed by atoms with van der Waals surface area (Å²) in [5, 5.41) is 3.74. The van der Waals surface area contributed by atoms with Gasteiger partial charge in [-0.2, -0.15) is 0 Å². The number of rotatable bonds is 5. The van der Waals surface area contributed by atoms with Crippen molar-refractivity contribution in [3.8, 4) is 5.75 Å². The summed E-state index contributed by atoms with van der Waals surface area (Å²) in [7, 11) is 0. The highest BCUT2D eigenvalue weighted by Crippen LogP contribution is 2.42. The van der Waals surface area contributed by atoms with E-state index in [1.807, 2.05) is 24.3 Å². The van der Waals surface area contributed by atoms with Crippen LogP contribution >= 0.6 is 15.9 Å². The van der Waals surface area contributed by atoms with E-state index in [1.54, 1.807) is 0 Å². The van der Waals surface area contributed by atoms with Crippen LogP contribution < -0.4 is 10.1 Å². The minimum absolute atomic E-state index is 0.0589. The first-order valence-electron chi connectivity index (χ1n) is 6.20. The van der Waals surface area contributed by atoms with Crippen LogP contribution in [0.15, 0.2) is 24.3 Å². The van der Waals surface area contributed by atoms with Crippen LogP contribution in [0.5, 0.6) is 5.75 Å². The summed E-state index contributed by atoms with van der Waals surface area (Å²) in [6, 6.07) is 7.51. The SMILES string of the molecule is CC(=O)Nc1ccc(OCC2(CBr)CCC2)cc1. The van der Waals surface area contributed by atoms with Gasteiger partial charge in [0.15, 0.2) is 0 Å². The molecule has 1 saturated carbocycles. The second-order valence-electron chi connectivity index (χ2n) is 4.98. The third kappa shape index (κ3) is 3.25. The number of carbonyl (C=O) groups excluding carboxylic acids is 1. The van der Waals surface area contributed by atoms with E-state index < -0.39 is 0 Å². The number of hydrogen-bond acceptors (Lipinski definition) is 2. The van der Waals surface area contributed by atoms with E-state index in [1.165, 1.54) is 26.2 Å². The number of nitrogens with one attached hydrogen (secondary N) is 1. The third-order valence-corrected chi connectivity index (χ3v) is 4.61. The van der Waals surface area contributed by atoms with Gasteiger partial charge in [-0.3, -0.25) is 4.79 Å². The van der Waals surface area contributed by atoms with E-state index in [-0.39, 0.29) is 5.91 Å². The minimum atomic E-state index is -0.0589. The van der Waals surface area contributed by atoms with Gasteiger partial charge in [-0.25, -0.2) is 0 Å². The molecule has 1 aliphatic rings. The first kappa shape index (κ1) is 13.4. The quantitative estimate of drug-likeness (QED) is 0.844. The Kier molecular flexibility index (Phi) is 4.27. The summed E-state index contributed by atoms with van der Waals surface area (Å²) in [5.41, 5.74) is 1.13. The van der Waals surface area contributed by atoms with Crippen molar-refractivity contribution < 1.29 is 9.53 Å². The standard InChI is InChI=1S/C14H18BrNO2/c1-11(17)16-12-3-5-13(6-4-12)18-10-14(9-15)7-2-8-14/h3-6H,2,7-10H2,1H3,(H,16,17). The van der Waals surface area contributed by atoms with Gasteiger partial charge in [0.2, 0.25) is 5.91 Å². The van der Waals surface area contributed by atoms with Gasteiger partial charge in [-0.15, -0.1) is 0 Å². The summed E-state index contributed by atoms with van der Waals surface area (Å²) < 4.78 is 5.82. The van der Waals surface area contributed by atoms with Gasteiger partial charge in [0, 0.05) is 23.4 Å². The third-order valence-electron chi connectivity index (χ3n) is 3.42. The molecule has 0 aromatic heterocycles. The first-order chi connectivity index (χ1) is 8.63. The number of alkyl halides is 1. The molecule has 1 fully saturated rings. The van der Waals surface area contributed by atoms with Crippen LogP contribution in [-0.2, 0) is 4.79 Å². The normalized spacial score (nSPS) is 16.8. The van der Waals surface area contributed by atoms with Gasteiger partial charge in [0.25, 0.3) is 0 Å². The van der Waals surface area contributed by atoms with Crippen LogP contribution in [0.1, 0.15) is 26.2 Å². The fourth-order valence-electron chi connectivity index (χ4n) is 2.07. The average Bonchev–Trinajstić information content (AvgIpc) is 2.30. The van der Waals surface area contributed by atoms with Gasteiger partial charge in [-0.05, 0) is 37.1 Å². The molecule has 1 aromatic rings. The van der Waals surface area contributed by atoms with Crippen LogP contribution in [0.25, 0.3) is 0 Å². The zero-order chi connectivity index (χ0) is 13.0. The second-order valence-corrected chi connectivity index (χ2v) is 5.54. The van der Waals surface area contributed by atoms with Crippen molar-refractivity contribution in [2.75, 3.05) is 17.3 Å². The molecule has 0 spiro atoms. The van der Waals surface area contributed by atoms with Crippen molar-refractivity contribution in [2.24, 2.45) is 5.41 Å². The highest BCUT2D eigenvalue weighted by atomic mass is 79.9. The average molecular weight is 312 g/mol. The van der Waals surface area contributed by atoms with Crippen LogP contribution in [0.2, 0.25) is 0 Å². The van der Waals surface area contributed by atoms with Gasteiger partial charge in [0.1, 0.15) is 5.75 Å². The van der Waals surface area contributed by atoms with Crippen LogP contribution in [0.4, 0.5) is 5.69 Å². The fourth-order valence-corrected chi connectivity index (χ4v) is 2.79. The molecule has 98 valence electrons. The zero-order valence-corrected chi connectivity index (χ0v) is 12.1. The van der Waals surface area contributed by atoms with Crippen molar-refractivity contribution in [3.63, 3.8) is 0 Å². The Morgan fingerprint density at radius 1 is 1.39 bits per heavy atom. The predicted octanol–water partition coefficient (Wildman–Crippen LogP) is 3.59. The molecule has 0 aliphatic heterocycles. The van der Waals surface area contributed by atoms with Crippen LogP contribution in [-0.4, -0.2) is 17.8 Å². The molecule has 1 N–H and O–H groups in total. The molecule has 1 aliphatic carbocycles.